The summed E-state index contributed by atoms with van der Waals surface area (Å²) in [6.07, 6.45) is -0.616. The van der Waals surface area contributed by atoms with Gasteiger partial charge in [0, 0.05) is 57.9 Å². The van der Waals surface area contributed by atoms with Crippen LogP contribution in [0.2, 0.25) is 0 Å². The molecule has 1 aliphatic rings. The van der Waals surface area contributed by atoms with Crippen molar-refractivity contribution in [3.63, 3.8) is 0 Å². The molecular formula is C27H37N7O4. The lowest BCUT2D eigenvalue weighted by Gasteiger charge is -2.37. The number of hydrogen-bond donors (Lipinski definition) is 2. The third-order valence-electron chi connectivity index (χ3n) is 6.60. The molecule has 1 unspecified atom stereocenters. The van der Waals surface area contributed by atoms with Crippen LogP contribution in [0.1, 0.15) is 17.0 Å². The number of aromatic nitrogens is 3. The van der Waals surface area contributed by atoms with Gasteiger partial charge in [0.25, 0.3) is 0 Å². The van der Waals surface area contributed by atoms with Gasteiger partial charge in [-0.05, 0) is 40.0 Å². The fourth-order valence-corrected chi connectivity index (χ4v) is 4.61. The molecule has 11 heteroatoms. The van der Waals surface area contributed by atoms with Gasteiger partial charge in [0.1, 0.15) is 30.0 Å². The van der Waals surface area contributed by atoms with Crippen LogP contribution in [0.5, 0.6) is 5.75 Å². The van der Waals surface area contributed by atoms with Gasteiger partial charge in [-0.15, -0.1) is 0 Å². The number of anilines is 1. The zero-order chi connectivity index (χ0) is 27.4. The fourth-order valence-electron chi connectivity index (χ4n) is 4.61. The maximum atomic E-state index is 12.5. The van der Waals surface area contributed by atoms with Gasteiger partial charge in [-0.3, -0.25) is 0 Å². The number of carbonyl (C=O) groups excluding carboxylic acids is 1. The number of rotatable bonds is 8. The van der Waals surface area contributed by atoms with E-state index < -0.39 is 6.10 Å². The van der Waals surface area contributed by atoms with Crippen molar-refractivity contribution in [1.82, 2.24) is 30.2 Å². The highest BCUT2D eigenvalue weighted by Gasteiger charge is 2.27. The van der Waals surface area contributed by atoms with Crippen molar-refractivity contribution in [3.8, 4) is 28.4 Å². The number of piperazine rings is 1. The Bertz CT molecular complexity index is 1250. The normalized spacial score (nSPS) is 14.5. The van der Waals surface area contributed by atoms with Gasteiger partial charge in [0.15, 0.2) is 5.82 Å². The van der Waals surface area contributed by atoms with Crippen molar-refractivity contribution in [2.45, 2.75) is 26.9 Å². The summed E-state index contributed by atoms with van der Waals surface area (Å²) in [4.78, 5) is 28.1. The Morgan fingerprint density at radius 3 is 2.55 bits per heavy atom. The van der Waals surface area contributed by atoms with Gasteiger partial charge < -0.3 is 34.4 Å². The van der Waals surface area contributed by atoms with Gasteiger partial charge in [0.05, 0.1) is 17.0 Å². The Balaban J connectivity index is 1.70. The van der Waals surface area contributed by atoms with Gasteiger partial charge in [-0.2, -0.15) is 0 Å². The maximum Gasteiger partial charge on any atom is 0.319 e. The van der Waals surface area contributed by atoms with Crippen molar-refractivity contribution < 1.29 is 19.2 Å². The van der Waals surface area contributed by atoms with Gasteiger partial charge in [-0.1, -0.05) is 17.3 Å². The lowest BCUT2D eigenvalue weighted by molar-refractivity contribution is 0.108. The second-order valence-electron chi connectivity index (χ2n) is 9.75. The molecule has 2 amide bonds. The molecule has 11 nitrogen and oxygen atoms in total. The first-order valence-electron chi connectivity index (χ1n) is 12.8. The number of carbonyl (C=O) groups is 1. The van der Waals surface area contributed by atoms with E-state index in [1.807, 2.05) is 49.9 Å². The summed E-state index contributed by atoms with van der Waals surface area (Å²) in [7, 11) is 5.32. The van der Waals surface area contributed by atoms with Gasteiger partial charge in [0.2, 0.25) is 0 Å². The van der Waals surface area contributed by atoms with Crippen LogP contribution in [-0.2, 0) is 0 Å². The molecule has 0 saturated carbocycles. The number of likely N-dealkylation sites (N-methyl/N-ethyl adjacent to an activating group) is 1. The molecule has 1 saturated heterocycles. The molecular weight excluding hydrogens is 486 g/mol. The van der Waals surface area contributed by atoms with E-state index in [0.29, 0.717) is 50.1 Å². The molecule has 0 radical (unpaired) electrons. The van der Waals surface area contributed by atoms with E-state index in [0.717, 1.165) is 33.9 Å². The van der Waals surface area contributed by atoms with E-state index in [1.54, 1.807) is 26.0 Å². The summed E-state index contributed by atoms with van der Waals surface area (Å²) in [6, 6.07) is 7.57. The third-order valence-corrected chi connectivity index (χ3v) is 6.60. The van der Waals surface area contributed by atoms with Crippen LogP contribution in [0.4, 0.5) is 10.6 Å². The molecule has 2 N–H and O–H groups in total. The van der Waals surface area contributed by atoms with Crippen LogP contribution in [-0.4, -0.2) is 103 Å². The SMILES string of the molecule is CNCC(O)COc1cccc(-c2nc(-c3c(C)noc3C)c(C)c(N3CCN(C(=O)N(C)C)CC3)n2)c1. The lowest BCUT2D eigenvalue weighted by Crippen LogP contribution is -2.51. The number of hydrogen-bond acceptors (Lipinski definition) is 9. The first-order valence-corrected chi connectivity index (χ1v) is 12.8. The largest absolute Gasteiger partial charge is 0.491 e. The molecule has 3 heterocycles. The van der Waals surface area contributed by atoms with Crippen molar-refractivity contribution in [1.29, 1.82) is 0 Å². The molecule has 3 aromatic rings. The van der Waals surface area contributed by atoms with Crippen molar-refractivity contribution in [2.24, 2.45) is 0 Å². The second-order valence-corrected chi connectivity index (χ2v) is 9.75. The Kier molecular flexibility index (Phi) is 8.48. The number of aliphatic hydroxyl groups is 1. The molecule has 204 valence electrons. The highest BCUT2D eigenvalue weighted by atomic mass is 16.5. The molecule has 0 spiro atoms. The summed E-state index contributed by atoms with van der Waals surface area (Å²) in [5.74, 6) is 2.68. The molecule has 38 heavy (non-hydrogen) atoms. The summed E-state index contributed by atoms with van der Waals surface area (Å²) in [5.41, 5.74) is 4.11. The van der Waals surface area contributed by atoms with E-state index in [-0.39, 0.29) is 12.6 Å². The van der Waals surface area contributed by atoms with Crippen molar-refractivity contribution >= 4 is 11.8 Å². The molecule has 2 aromatic heterocycles. The van der Waals surface area contributed by atoms with Crippen LogP contribution in [0, 0.1) is 20.8 Å². The highest BCUT2D eigenvalue weighted by Crippen LogP contribution is 2.35. The zero-order valence-corrected chi connectivity index (χ0v) is 23.0. The summed E-state index contributed by atoms with van der Waals surface area (Å²) in [6.45, 7) is 8.94. The number of benzene rings is 1. The predicted octanol–water partition coefficient (Wildman–Crippen LogP) is 2.49. The molecule has 1 atom stereocenters. The van der Waals surface area contributed by atoms with Crippen LogP contribution in [0.25, 0.3) is 22.6 Å². The Labute approximate surface area is 223 Å². The molecule has 1 aromatic carbocycles. The van der Waals surface area contributed by atoms with Gasteiger partial charge in [-0.25, -0.2) is 14.8 Å². The van der Waals surface area contributed by atoms with E-state index in [2.05, 4.69) is 15.4 Å². The fraction of sp³-hybridized carbons (Fsp3) is 0.481. The van der Waals surface area contributed by atoms with Crippen LogP contribution >= 0.6 is 0 Å². The number of nitrogens with zero attached hydrogens (tertiary/aromatic N) is 6. The van der Waals surface area contributed by atoms with Crippen molar-refractivity contribution in [3.05, 3.63) is 41.3 Å². The molecule has 1 aliphatic heterocycles. The Hall–Kier alpha value is -3.70. The smallest absolute Gasteiger partial charge is 0.319 e. The quantitative estimate of drug-likeness (QED) is 0.459. The minimum absolute atomic E-state index is 0.0119. The number of amides is 2. The highest BCUT2D eigenvalue weighted by molar-refractivity contribution is 5.76. The first-order chi connectivity index (χ1) is 18.2. The van der Waals surface area contributed by atoms with E-state index in [4.69, 9.17) is 19.2 Å². The van der Waals surface area contributed by atoms with Crippen LogP contribution in [0.3, 0.4) is 0 Å². The Morgan fingerprint density at radius 2 is 1.92 bits per heavy atom. The summed E-state index contributed by atoms with van der Waals surface area (Å²) < 4.78 is 11.3. The number of urea groups is 1. The van der Waals surface area contributed by atoms with E-state index in [1.165, 1.54) is 0 Å². The molecule has 4 rings (SSSR count). The maximum absolute atomic E-state index is 12.5. The standard InChI is InChI=1S/C27H37N7O4/c1-17-24(23-18(2)31-38-19(23)3)29-25(20-8-7-9-22(14-20)37-16-21(35)15-28-4)30-26(17)33-10-12-34(13-11-33)27(36)32(5)6/h7-9,14,21,28,35H,10-13,15-16H2,1-6H3. The van der Waals surface area contributed by atoms with Crippen LogP contribution in [0.15, 0.2) is 28.8 Å². The topological polar surface area (TPSA) is 120 Å². The number of aryl methyl sites for hydroxylation is 2. The number of nitrogens with one attached hydrogen (secondary N) is 1. The zero-order valence-electron chi connectivity index (χ0n) is 23.0. The average molecular weight is 524 g/mol. The number of ether oxygens (including phenoxy) is 1. The Morgan fingerprint density at radius 1 is 1.18 bits per heavy atom. The monoisotopic (exact) mass is 523 g/mol. The minimum Gasteiger partial charge on any atom is -0.491 e. The summed E-state index contributed by atoms with van der Waals surface area (Å²) in [5, 5.41) is 17.1. The lowest BCUT2D eigenvalue weighted by atomic mass is 10.0. The van der Waals surface area contributed by atoms with Crippen molar-refractivity contribution in [2.75, 3.05) is 65.4 Å². The minimum atomic E-state index is -0.616. The summed E-state index contributed by atoms with van der Waals surface area (Å²) >= 11 is 0. The first kappa shape index (κ1) is 27.3. The average Bonchev–Trinajstić information content (AvgIpc) is 3.25. The predicted molar refractivity (Wildman–Crippen MR) is 145 cm³/mol. The van der Waals surface area contributed by atoms with E-state index >= 15 is 0 Å². The number of aliphatic hydroxyl groups excluding tert-OH is 1. The molecule has 0 aliphatic carbocycles. The molecule has 0 bridgehead atoms. The molecule has 1 fully saturated rings. The van der Waals surface area contributed by atoms with E-state index in [9.17, 15) is 9.90 Å². The third kappa shape index (κ3) is 5.89. The van der Waals surface area contributed by atoms with Gasteiger partial charge >= 0.3 is 6.03 Å². The van der Waals surface area contributed by atoms with Crippen LogP contribution < -0.4 is 15.0 Å². The second kappa shape index (κ2) is 11.8.